The van der Waals surface area contributed by atoms with Crippen LogP contribution in [0.2, 0.25) is 0 Å². The highest BCUT2D eigenvalue weighted by Gasteiger charge is 2.29. The van der Waals surface area contributed by atoms with Crippen LogP contribution in [-0.2, 0) is 16.6 Å². The lowest BCUT2D eigenvalue weighted by atomic mass is 10.0. The van der Waals surface area contributed by atoms with E-state index in [4.69, 9.17) is 9.72 Å². The molecule has 11 heteroatoms. The average Bonchev–Trinajstić information content (AvgIpc) is 3.58. The number of sulfonamides is 1. The molecular weight excluding hydrogens is 510 g/mol. The lowest BCUT2D eigenvalue weighted by Gasteiger charge is -2.29. The highest BCUT2D eigenvalue weighted by molar-refractivity contribution is 7.89. The number of methoxy groups -OCH3 is 1. The number of thiazole rings is 1. The first kappa shape index (κ1) is 25.4. The van der Waals surface area contributed by atoms with Gasteiger partial charge in [-0.3, -0.25) is 14.4 Å². The number of rotatable bonds is 8. The second kappa shape index (κ2) is 10.6. The van der Waals surface area contributed by atoms with Crippen molar-refractivity contribution in [3.05, 3.63) is 66.5 Å². The van der Waals surface area contributed by atoms with Crippen molar-refractivity contribution in [2.24, 2.45) is 5.92 Å². The number of fused-ring (bicyclic) bond motifs is 1. The summed E-state index contributed by atoms with van der Waals surface area (Å²) in [4.78, 5) is 20.2. The Morgan fingerprint density at radius 1 is 1.16 bits per heavy atom. The van der Waals surface area contributed by atoms with Crippen LogP contribution in [0, 0.1) is 5.92 Å². The summed E-state index contributed by atoms with van der Waals surface area (Å²) in [5.41, 5.74) is 1.17. The largest absolute Gasteiger partial charge is 0.497 e. The van der Waals surface area contributed by atoms with Crippen LogP contribution in [0.25, 0.3) is 10.2 Å². The van der Waals surface area contributed by atoms with Crippen LogP contribution in [-0.4, -0.2) is 60.1 Å². The van der Waals surface area contributed by atoms with E-state index in [1.165, 1.54) is 27.8 Å². The number of ether oxygens (including phenoxy) is 1. The Bertz CT molecular complexity index is 1480. The van der Waals surface area contributed by atoms with Crippen molar-refractivity contribution in [2.45, 2.75) is 31.2 Å². The summed E-state index contributed by atoms with van der Waals surface area (Å²) < 4.78 is 35.8. The highest BCUT2D eigenvalue weighted by atomic mass is 32.2. The fourth-order valence-electron chi connectivity index (χ4n) is 4.35. The first-order chi connectivity index (χ1) is 17.8. The molecule has 0 bridgehead atoms. The molecule has 1 fully saturated rings. The monoisotopic (exact) mass is 539 g/mol. The Balaban J connectivity index is 1.41. The smallest absolute Gasteiger partial charge is 0.260 e. The summed E-state index contributed by atoms with van der Waals surface area (Å²) >= 11 is 1.40. The fourth-order valence-corrected chi connectivity index (χ4v) is 6.84. The van der Waals surface area contributed by atoms with E-state index in [2.05, 4.69) is 12.0 Å². The molecule has 37 heavy (non-hydrogen) atoms. The number of benzene rings is 2. The molecule has 3 heterocycles. The molecule has 1 saturated heterocycles. The summed E-state index contributed by atoms with van der Waals surface area (Å²) in [6, 6.07) is 13.6. The minimum absolute atomic E-state index is 0.203. The van der Waals surface area contributed by atoms with Gasteiger partial charge in [-0.1, -0.05) is 18.3 Å². The molecular formula is C26H29N5O4S2. The van der Waals surface area contributed by atoms with Crippen LogP contribution < -0.4 is 9.64 Å². The van der Waals surface area contributed by atoms with E-state index >= 15 is 0 Å². The van der Waals surface area contributed by atoms with Crippen molar-refractivity contribution < 1.29 is 17.9 Å². The SMILES string of the molecule is COc1ccc2nc(N(CCn3cccn3)C(=O)c3ccc(S(=O)(=O)N4CCC(C)CC4)cc3)sc2c1. The highest BCUT2D eigenvalue weighted by Crippen LogP contribution is 2.32. The third-order valence-electron chi connectivity index (χ3n) is 6.65. The average molecular weight is 540 g/mol. The minimum Gasteiger partial charge on any atom is -0.497 e. The molecule has 9 nitrogen and oxygen atoms in total. The van der Waals surface area contributed by atoms with Gasteiger partial charge < -0.3 is 4.74 Å². The van der Waals surface area contributed by atoms with Gasteiger partial charge in [-0.15, -0.1) is 0 Å². The molecule has 2 aromatic carbocycles. The molecule has 0 unspecified atom stereocenters. The van der Waals surface area contributed by atoms with Gasteiger partial charge in [-0.2, -0.15) is 9.40 Å². The lowest BCUT2D eigenvalue weighted by molar-refractivity contribution is 0.0985. The first-order valence-corrected chi connectivity index (χ1v) is 14.4. The fraction of sp³-hybridized carbons (Fsp3) is 0.346. The molecule has 0 aliphatic carbocycles. The van der Waals surface area contributed by atoms with Crippen LogP contribution in [0.3, 0.4) is 0 Å². The molecule has 0 N–H and O–H groups in total. The standard InChI is InChI=1S/C26H29N5O4S2/c1-19-10-14-30(15-11-19)37(33,34)22-7-4-20(5-8-22)25(32)31(17-16-29-13-3-12-27-29)26-28-23-9-6-21(35-2)18-24(23)36-26/h3-9,12-13,18-19H,10-11,14-17H2,1-2H3. The van der Waals surface area contributed by atoms with Gasteiger partial charge in [0.25, 0.3) is 5.91 Å². The summed E-state index contributed by atoms with van der Waals surface area (Å²) in [7, 11) is -1.98. The number of anilines is 1. The first-order valence-electron chi connectivity index (χ1n) is 12.2. The number of hydrogen-bond donors (Lipinski definition) is 0. The van der Waals surface area contributed by atoms with Crippen molar-refractivity contribution in [1.82, 2.24) is 19.1 Å². The van der Waals surface area contributed by atoms with Crippen molar-refractivity contribution in [2.75, 3.05) is 31.6 Å². The number of aromatic nitrogens is 3. The van der Waals surface area contributed by atoms with Gasteiger partial charge >= 0.3 is 0 Å². The normalized spacial score (nSPS) is 15.2. The zero-order valence-corrected chi connectivity index (χ0v) is 22.4. The van der Waals surface area contributed by atoms with E-state index in [-0.39, 0.29) is 10.8 Å². The molecule has 2 aromatic heterocycles. The third-order valence-corrected chi connectivity index (χ3v) is 9.61. The number of nitrogens with zero attached hydrogens (tertiary/aromatic N) is 5. The van der Waals surface area contributed by atoms with Gasteiger partial charge in [0.05, 0.1) is 28.8 Å². The predicted molar refractivity (Wildman–Crippen MR) is 144 cm³/mol. The van der Waals surface area contributed by atoms with Crippen LogP contribution >= 0.6 is 11.3 Å². The van der Waals surface area contributed by atoms with Crippen molar-refractivity contribution in [3.8, 4) is 5.75 Å². The van der Waals surface area contributed by atoms with Crippen LogP contribution in [0.5, 0.6) is 5.75 Å². The van der Waals surface area contributed by atoms with Gasteiger partial charge in [0.1, 0.15) is 5.75 Å². The Labute approximate surface area is 220 Å². The Hall–Kier alpha value is -3.28. The topological polar surface area (TPSA) is 97.6 Å². The molecule has 5 rings (SSSR count). The van der Waals surface area contributed by atoms with E-state index in [0.29, 0.717) is 42.8 Å². The summed E-state index contributed by atoms with van der Waals surface area (Å²) in [6.45, 7) is 4.02. The van der Waals surface area contributed by atoms with E-state index < -0.39 is 10.0 Å². The lowest BCUT2D eigenvalue weighted by Crippen LogP contribution is -2.38. The molecule has 1 aliphatic rings. The maximum atomic E-state index is 13.7. The molecule has 0 spiro atoms. The van der Waals surface area contributed by atoms with E-state index in [1.54, 1.807) is 35.0 Å². The van der Waals surface area contributed by atoms with Crippen LogP contribution in [0.4, 0.5) is 5.13 Å². The molecule has 4 aromatic rings. The van der Waals surface area contributed by atoms with E-state index in [1.807, 2.05) is 30.5 Å². The summed E-state index contributed by atoms with van der Waals surface area (Å²) in [5, 5.41) is 4.80. The molecule has 194 valence electrons. The predicted octanol–water partition coefficient (Wildman–Crippen LogP) is 4.27. The second-order valence-electron chi connectivity index (χ2n) is 9.17. The third kappa shape index (κ3) is 5.39. The van der Waals surface area contributed by atoms with Gasteiger partial charge in [0.2, 0.25) is 10.0 Å². The summed E-state index contributed by atoms with van der Waals surface area (Å²) in [6.07, 6.45) is 5.25. The van der Waals surface area contributed by atoms with Crippen molar-refractivity contribution >= 4 is 42.6 Å². The molecule has 0 radical (unpaired) electrons. The molecule has 0 saturated carbocycles. The maximum Gasteiger partial charge on any atom is 0.260 e. The van der Waals surface area contributed by atoms with E-state index in [9.17, 15) is 13.2 Å². The zero-order valence-electron chi connectivity index (χ0n) is 20.8. The Morgan fingerprint density at radius 2 is 1.92 bits per heavy atom. The minimum atomic E-state index is -3.59. The number of carbonyl (C=O) groups excluding carboxylic acids is 1. The van der Waals surface area contributed by atoms with Gasteiger partial charge in [0.15, 0.2) is 5.13 Å². The second-order valence-corrected chi connectivity index (χ2v) is 12.1. The van der Waals surface area contributed by atoms with E-state index in [0.717, 1.165) is 28.8 Å². The number of hydrogen-bond acceptors (Lipinski definition) is 7. The molecule has 1 aliphatic heterocycles. The quantitative estimate of drug-likeness (QED) is 0.332. The number of amides is 1. The maximum absolute atomic E-state index is 13.7. The molecule has 1 amide bonds. The van der Waals surface area contributed by atoms with Gasteiger partial charge in [-0.25, -0.2) is 13.4 Å². The molecule has 0 atom stereocenters. The zero-order chi connectivity index (χ0) is 26.0. The number of carbonyl (C=O) groups is 1. The van der Waals surface area contributed by atoms with Gasteiger partial charge in [-0.05, 0) is 67.3 Å². The summed E-state index contributed by atoms with van der Waals surface area (Å²) in [5.74, 6) is 0.994. The van der Waals surface area contributed by atoms with Crippen molar-refractivity contribution in [1.29, 1.82) is 0 Å². The van der Waals surface area contributed by atoms with Crippen molar-refractivity contribution in [3.63, 3.8) is 0 Å². The van der Waals surface area contributed by atoms with Crippen LogP contribution in [0.15, 0.2) is 65.8 Å². The van der Waals surface area contributed by atoms with Crippen LogP contribution in [0.1, 0.15) is 30.1 Å². The van der Waals surface area contributed by atoms with Gasteiger partial charge in [0, 0.05) is 37.6 Å². The Morgan fingerprint density at radius 3 is 2.59 bits per heavy atom. The number of piperidine rings is 1. The Kier molecular flexibility index (Phi) is 7.27.